The van der Waals surface area contributed by atoms with Crippen LogP contribution in [0.2, 0.25) is 0 Å². The number of rotatable bonds is 5. The third-order valence-electron chi connectivity index (χ3n) is 2.00. The molecular weight excluding hydrogens is 247 g/mol. The highest BCUT2D eigenvalue weighted by Crippen LogP contribution is 2.30. The second-order valence-electron chi connectivity index (χ2n) is 3.72. The molecule has 1 rings (SSSR count). The standard InChI is InChI=1S/C11H14F3N3O/c1-7(2)4-5-18-9-6-8(11(12,13)14)16-10(15-3)17-9/h6H,1,4-5H2,2-3H3,(H,15,16,17). The third kappa shape index (κ3) is 4.23. The Morgan fingerprint density at radius 3 is 2.61 bits per heavy atom. The van der Waals surface area contributed by atoms with Gasteiger partial charge in [0.2, 0.25) is 11.8 Å². The monoisotopic (exact) mass is 261 g/mol. The minimum Gasteiger partial charge on any atom is -0.477 e. The predicted molar refractivity (Wildman–Crippen MR) is 61.5 cm³/mol. The molecule has 0 fully saturated rings. The molecule has 100 valence electrons. The first-order valence-electron chi connectivity index (χ1n) is 5.24. The third-order valence-corrected chi connectivity index (χ3v) is 2.00. The molecule has 4 nitrogen and oxygen atoms in total. The molecule has 1 heterocycles. The first-order valence-corrected chi connectivity index (χ1v) is 5.24. The molecule has 0 aliphatic carbocycles. The van der Waals surface area contributed by atoms with Crippen LogP contribution in [-0.2, 0) is 6.18 Å². The number of anilines is 1. The van der Waals surface area contributed by atoms with Gasteiger partial charge in [0.05, 0.1) is 6.61 Å². The van der Waals surface area contributed by atoms with Crippen molar-refractivity contribution < 1.29 is 17.9 Å². The molecule has 18 heavy (non-hydrogen) atoms. The van der Waals surface area contributed by atoms with Crippen molar-refractivity contribution in [3.8, 4) is 5.88 Å². The number of alkyl halides is 3. The van der Waals surface area contributed by atoms with Crippen LogP contribution < -0.4 is 10.1 Å². The van der Waals surface area contributed by atoms with Gasteiger partial charge in [-0.05, 0) is 6.92 Å². The highest BCUT2D eigenvalue weighted by molar-refractivity contribution is 5.31. The molecule has 0 atom stereocenters. The van der Waals surface area contributed by atoms with Crippen molar-refractivity contribution in [3.05, 3.63) is 23.9 Å². The number of nitrogens with zero attached hydrogens (tertiary/aromatic N) is 2. The number of aromatic nitrogens is 2. The molecule has 0 aliphatic rings. The zero-order valence-corrected chi connectivity index (χ0v) is 10.1. The Labute approximate surface area is 103 Å². The lowest BCUT2D eigenvalue weighted by atomic mass is 10.3. The molecule has 0 unspecified atom stereocenters. The van der Waals surface area contributed by atoms with Crippen molar-refractivity contribution in [2.45, 2.75) is 19.5 Å². The SMILES string of the molecule is C=C(C)CCOc1cc(C(F)(F)F)nc(NC)n1. The minimum absolute atomic E-state index is 0.108. The lowest BCUT2D eigenvalue weighted by Crippen LogP contribution is -2.12. The normalized spacial score (nSPS) is 11.2. The molecular formula is C11H14F3N3O. The van der Waals surface area contributed by atoms with Gasteiger partial charge in [-0.15, -0.1) is 6.58 Å². The first-order chi connectivity index (χ1) is 8.32. The van der Waals surface area contributed by atoms with Crippen molar-refractivity contribution in [1.29, 1.82) is 0 Å². The zero-order valence-electron chi connectivity index (χ0n) is 10.1. The summed E-state index contributed by atoms with van der Waals surface area (Å²) in [5.74, 6) is -0.238. The van der Waals surface area contributed by atoms with Gasteiger partial charge in [0, 0.05) is 19.5 Å². The molecule has 1 aromatic heterocycles. The van der Waals surface area contributed by atoms with Gasteiger partial charge in [-0.25, -0.2) is 4.98 Å². The lowest BCUT2D eigenvalue weighted by molar-refractivity contribution is -0.141. The smallest absolute Gasteiger partial charge is 0.433 e. The molecule has 0 saturated heterocycles. The summed E-state index contributed by atoms with van der Waals surface area (Å²) in [5, 5.41) is 2.46. The van der Waals surface area contributed by atoms with Crippen molar-refractivity contribution in [2.24, 2.45) is 0 Å². The van der Waals surface area contributed by atoms with E-state index in [0.717, 1.165) is 11.6 Å². The van der Waals surface area contributed by atoms with Gasteiger partial charge in [-0.3, -0.25) is 0 Å². The summed E-state index contributed by atoms with van der Waals surface area (Å²) >= 11 is 0. The summed E-state index contributed by atoms with van der Waals surface area (Å²) in [4.78, 5) is 7.11. The van der Waals surface area contributed by atoms with E-state index in [9.17, 15) is 13.2 Å². The van der Waals surface area contributed by atoms with E-state index >= 15 is 0 Å². The Morgan fingerprint density at radius 2 is 2.11 bits per heavy atom. The summed E-state index contributed by atoms with van der Waals surface area (Å²) in [5.41, 5.74) is -0.152. The average molecular weight is 261 g/mol. The number of halogens is 3. The predicted octanol–water partition coefficient (Wildman–Crippen LogP) is 2.88. The van der Waals surface area contributed by atoms with Crippen LogP contribution in [0, 0.1) is 0 Å². The Bertz CT molecular complexity index is 432. The van der Waals surface area contributed by atoms with E-state index in [1.165, 1.54) is 7.05 Å². The minimum atomic E-state index is -4.53. The Kier molecular flexibility index (Phi) is 4.52. The first kappa shape index (κ1) is 14.3. The number of nitrogens with one attached hydrogen (secondary N) is 1. The number of ether oxygens (including phenoxy) is 1. The largest absolute Gasteiger partial charge is 0.477 e. The van der Waals surface area contributed by atoms with E-state index in [1.807, 2.05) is 6.92 Å². The summed E-state index contributed by atoms with van der Waals surface area (Å²) in [6.45, 7) is 5.71. The number of hydrogen-bond acceptors (Lipinski definition) is 4. The molecule has 0 bridgehead atoms. The van der Waals surface area contributed by atoms with Crippen LogP contribution in [0.15, 0.2) is 18.2 Å². The molecule has 0 aliphatic heterocycles. The maximum Gasteiger partial charge on any atom is 0.433 e. The van der Waals surface area contributed by atoms with E-state index in [2.05, 4.69) is 21.9 Å². The molecule has 0 saturated carbocycles. The van der Waals surface area contributed by atoms with E-state index in [0.29, 0.717) is 6.42 Å². The summed E-state index contributed by atoms with van der Waals surface area (Å²) in [6.07, 6.45) is -3.97. The topological polar surface area (TPSA) is 47.0 Å². The Hall–Kier alpha value is -1.79. The average Bonchev–Trinajstić information content (AvgIpc) is 2.27. The fourth-order valence-corrected chi connectivity index (χ4v) is 1.09. The van der Waals surface area contributed by atoms with Crippen LogP contribution >= 0.6 is 0 Å². The number of hydrogen-bond donors (Lipinski definition) is 1. The molecule has 0 aromatic carbocycles. The highest BCUT2D eigenvalue weighted by atomic mass is 19.4. The molecule has 0 amide bonds. The van der Waals surface area contributed by atoms with Crippen LogP contribution in [0.5, 0.6) is 5.88 Å². The van der Waals surface area contributed by atoms with Crippen LogP contribution in [-0.4, -0.2) is 23.6 Å². The maximum absolute atomic E-state index is 12.5. The molecule has 0 radical (unpaired) electrons. The van der Waals surface area contributed by atoms with Gasteiger partial charge >= 0.3 is 6.18 Å². The van der Waals surface area contributed by atoms with Crippen LogP contribution in [0.4, 0.5) is 19.1 Å². The molecule has 0 spiro atoms. The van der Waals surface area contributed by atoms with Gasteiger partial charge in [-0.2, -0.15) is 18.2 Å². The Balaban J connectivity index is 2.87. The molecule has 1 aromatic rings. The summed E-state index contributed by atoms with van der Waals surface area (Å²) < 4.78 is 42.8. The Morgan fingerprint density at radius 1 is 1.44 bits per heavy atom. The van der Waals surface area contributed by atoms with Crippen LogP contribution in [0.25, 0.3) is 0 Å². The van der Waals surface area contributed by atoms with Gasteiger partial charge in [0.1, 0.15) is 0 Å². The summed E-state index contributed by atoms with van der Waals surface area (Å²) in [7, 11) is 1.44. The molecule has 7 heteroatoms. The fraction of sp³-hybridized carbons (Fsp3) is 0.455. The van der Waals surface area contributed by atoms with Gasteiger partial charge in [0.15, 0.2) is 5.69 Å². The summed E-state index contributed by atoms with van der Waals surface area (Å²) in [6, 6.07) is 0.777. The lowest BCUT2D eigenvalue weighted by Gasteiger charge is -2.11. The van der Waals surface area contributed by atoms with Crippen molar-refractivity contribution in [2.75, 3.05) is 19.0 Å². The van der Waals surface area contributed by atoms with Crippen LogP contribution in [0.1, 0.15) is 19.0 Å². The van der Waals surface area contributed by atoms with Crippen LogP contribution in [0.3, 0.4) is 0 Å². The van der Waals surface area contributed by atoms with Gasteiger partial charge in [-0.1, -0.05) is 5.57 Å². The maximum atomic E-state index is 12.5. The zero-order chi connectivity index (χ0) is 13.8. The highest BCUT2D eigenvalue weighted by Gasteiger charge is 2.33. The quantitative estimate of drug-likeness (QED) is 0.828. The van der Waals surface area contributed by atoms with E-state index in [1.54, 1.807) is 0 Å². The van der Waals surface area contributed by atoms with Gasteiger partial charge < -0.3 is 10.1 Å². The van der Waals surface area contributed by atoms with E-state index in [-0.39, 0.29) is 18.4 Å². The van der Waals surface area contributed by atoms with Gasteiger partial charge in [0.25, 0.3) is 0 Å². The van der Waals surface area contributed by atoms with Crippen molar-refractivity contribution >= 4 is 5.95 Å². The second kappa shape index (κ2) is 5.70. The molecule has 1 N–H and O–H groups in total. The fourth-order valence-electron chi connectivity index (χ4n) is 1.09. The van der Waals surface area contributed by atoms with Crippen molar-refractivity contribution in [3.63, 3.8) is 0 Å². The second-order valence-corrected chi connectivity index (χ2v) is 3.72. The van der Waals surface area contributed by atoms with E-state index < -0.39 is 11.9 Å². The van der Waals surface area contributed by atoms with Crippen molar-refractivity contribution in [1.82, 2.24) is 9.97 Å². The van der Waals surface area contributed by atoms with E-state index in [4.69, 9.17) is 4.74 Å².